The lowest BCUT2D eigenvalue weighted by Crippen LogP contribution is -2.23. The molecular weight excluding hydrogens is 238 g/mol. The summed E-state index contributed by atoms with van der Waals surface area (Å²) >= 11 is 1.67. The molecule has 0 fully saturated rings. The van der Waals surface area contributed by atoms with Crippen molar-refractivity contribution in [1.82, 2.24) is 0 Å². The summed E-state index contributed by atoms with van der Waals surface area (Å²) in [6, 6.07) is 5.93. The number of benzene rings is 1. The van der Waals surface area contributed by atoms with Crippen molar-refractivity contribution in [3.8, 4) is 11.5 Å². The zero-order valence-electron chi connectivity index (χ0n) is 9.59. The summed E-state index contributed by atoms with van der Waals surface area (Å²) in [4.78, 5) is 1.11. The third-order valence-corrected chi connectivity index (χ3v) is 3.66. The fourth-order valence-corrected chi connectivity index (χ4v) is 2.49. The van der Waals surface area contributed by atoms with Gasteiger partial charge in [0.2, 0.25) is 0 Å². The predicted molar refractivity (Wildman–Crippen MR) is 67.8 cm³/mol. The van der Waals surface area contributed by atoms with Crippen molar-refractivity contribution >= 4 is 11.8 Å². The van der Waals surface area contributed by atoms with E-state index in [-0.39, 0.29) is 12.6 Å². The van der Waals surface area contributed by atoms with Gasteiger partial charge in [-0.05, 0) is 24.6 Å². The third kappa shape index (κ3) is 3.52. The van der Waals surface area contributed by atoms with E-state index >= 15 is 0 Å². The van der Waals surface area contributed by atoms with Gasteiger partial charge < -0.3 is 20.3 Å². The number of hydrogen-bond acceptors (Lipinski definition) is 5. The molecule has 5 heteroatoms. The van der Waals surface area contributed by atoms with Crippen molar-refractivity contribution in [3.05, 3.63) is 18.2 Å². The number of rotatable bonds is 5. The second-order valence-corrected chi connectivity index (χ2v) is 4.98. The monoisotopic (exact) mass is 255 g/mol. The molecule has 94 valence electrons. The molecule has 4 nitrogen and oxygen atoms in total. The van der Waals surface area contributed by atoms with Crippen molar-refractivity contribution in [2.45, 2.75) is 17.4 Å². The highest BCUT2D eigenvalue weighted by Gasteiger charge is 2.12. The smallest absolute Gasteiger partial charge is 0.162 e. The average molecular weight is 255 g/mol. The minimum atomic E-state index is 0.0261. The molecule has 1 atom stereocenters. The van der Waals surface area contributed by atoms with Gasteiger partial charge in [-0.1, -0.05) is 0 Å². The summed E-state index contributed by atoms with van der Waals surface area (Å²) in [5.41, 5.74) is 5.83. The van der Waals surface area contributed by atoms with E-state index in [9.17, 15) is 0 Å². The quantitative estimate of drug-likeness (QED) is 0.775. The maximum atomic E-state index is 8.77. The molecule has 0 aliphatic carbocycles. The fraction of sp³-hybridized carbons (Fsp3) is 0.500. The van der Waals surface area contributed by atoms with Crippen LogP contribution >= 0.6 is 11.8 Å². The van der Waals surface area contributed by atoms with Gasteiger partial charge in [0.1, 0.15) is 13.2 Å². The van der Waals surface area contributed by atoms with Gasteiger partial charge in [0.15, 0.2) is 11.5 Å². The first kappa shape index (κ1) is 12.5. The van der Waals surface area contributed by atoms with E-state index in [1.54, 1.807) is 11.8 Å². The molecule has 1 unspecified atom stereocenters. The Bertz CT molecular complexity index is 373. The van der Waals surface area contributed by atoms with Gasteiger partial charge in [-0.2, -0.15) is 0 Å². The van der Waals surface area contributed by atoms with Crippen LogP contribution in [0.3, 0.4) is 0 Å². The van der Waals surface area contributed by atoms with E-state index < -0.39 is 0 Å². The standard InChI is InChI=1S/C12H17NO3S/c13-9(3-4-14)8-17-10-1-2-11-12(7-10)16-6-5-15-11/h1-2,7,9,14H,3-6,8,13H2. The topological polar surface area (TPSA) is 64.7 Å². The van der Waals surface area contributed by atoms with Crippen LogP contribution in [0.25, 0.3) is 0 Å². The van der Waals surface area contributed by atoms with Crippen LogP contribution in [0.15, 0.2) is 23.1 Å². The van der Waals surface area contributed by atoms with Crippen LogP contribution < -0.4 is 15.2 Å². The first-order valence-corrected chi connectivity index (χ1v) is 6.67. The first-order valence-electron chi connectivity index (χ1n) is 5.68. The molecule has 0 bridgehead atoms. The Balaban J connectivity index is 1.93. The molecule has 1 aromatic carbocycles. The van der Waals surface area contributed by atoms with Crippen LogP contribution in [0.4, 0.5) is 0 Å². The number of aliphatic hydroxyl groups excluding tert-OH is 1. The van der Waals surface area contributed by atoms with Crippen molar-refractivity contribution in [1.29, 1.82) is 0 Å². The van der Waals surface area contributed by atoms with Gasteiger partial charge in [-0.25, -0.2) is 0 Å². The molecule has 0 spiro atoms. The Morgan fingerprint density at radius 3 is 2.82 bits per heavy atom. The van der Waals surface area contributed by atoms with Gasteiger partial charge in [0.05, 0.1) is 0 Å². The van der Waals surface area contributed by atoms with Gasteiger partial charge in [-0.15, -0.1) is 11.8 Å². The van der Waals surface area contributed by atoms with Gasteiger partial charge in [0, 0.05) is 23.3 Å². The molecule has 1 aliphatic rings. The molecule has 0 saturated heterocycles. The average Bonchev–Trinajstić information content (AvgIpc) is 2.36. The highest BCUT2D eigenvalue weighted by atomic mass is 32.2. The van der Waals surface area contributed by atoms with E-state index in [4.69, 9.17) is 20.3 Å². The molecule has 0 saturated carbocycles. The van der Waals surface area contributed by atoms with Crippen LogP contribution in [-0.2, 0) is 0 Å². The summed E-state index contributed by atoms with van der Waals surface area (Å²) in [5, 5.41) is 8.77. The lowest BCUT2D eigenvalue weighted by atomic mass is 10.3. The second kappa shape index (κ2) is 6.14. The fourth-order valence-electron chi connectivity index (χ4n) is 1.57. The molecule has 1 aromatic rings. The largest absolute Gasteiger partial charge is 0.486 e. The van der Waals surface area contributed by atoms with Gasteiger partial charge in [0.25, 0.3) is 0 Å². The Morgan fingerprint density at radius 1 is 1.29 bits per heavy atom. The van der Waals surface area contributed by atoms with E-state index in [0.29, 0.717) is 19.6 Å². The molecule has 0 aromatic heterocycles. The zero-order valence-corrected chi connectivity index (χ0v) is 10.4. The summed E-state index contributed by atoms with van der Waals surface area (Å²) < 4.78 is 11.0. The number of hydrogen-bond donors (Lipinski definition) is 2. The van der Waals surface area contributed by atoms with Crippen LogP contribution in [0, 0.1) is 0 Å². The van der Waals surface area contributed by atoms with E-state index in [0.717, 1.165) is 22.1 Å². The van der Waals surface area contributed by atoms with Crippen LogP contribution in [-0.4, -0.2) is 36.7 Å². The number of thioether (sulfide) groups is 1. The first-order chi connectivity index (χ1) is 8.29. The number of ether oxygens (including phenoxy) is 2. The Hall–Kier alpha value is -0.910. The highest BCUT2D eigenvalue weighted by molar-refractivity contribution is 7.99. The lowest BCUT2D eigenvalue weighted by Gasteiger charge is -2.19. The minimum absolute atomic E-state index is 0.0261. The van der Waals surface area contributed by atoms with E-state index in [2.05, 4.69) is 0 Å². The number of aliphatic hydroxyl groups is 1. The number of fused-ring (bicyclic) bond motifs is 1. The summed E-state index contributed by atoms with van der Waals surface area (Å²) in [5.74, 6) is 2.40. The van der Waals surface area contributed by atoms with Crippen LogP contribution in [0.2, 0.25) is 0 Å². The minimum Gasteiger partial charge on any atom is -0.486 e. The van der Waals surface area contributed by atoms with E-state index in [1.807, 2.05) is 18.2 Å². The molecule has 2 rings (SSSR count). The Morgan fingerprint density at radius 2 is 2.06 bits per heavy atom. The third-order valence-electron chi connectivity index (χ3n) is 2.48. The highest BCUT2D eigenvalue weighted by Crippen LogP contribution is 2.34. The molecule has 1 heterocycles. The molecule has 0 amide bonds. The molecule has 1 aliphatic heterocycles. The van der Waals surface area contributed by atoms with Crippen molar-refractivity contribution in [2.24, 2.45) is 5.73 Å². The predicted octanol–water partition coefficient (Wildman–Crippen LogP) is 1.26. The van der Waals surface area contributed by atoms with Crippen molar-refractivity contribution in [2.75, 3.05) is 25.6 Å². The molecule has 0 radical (unpaired) electrons. The molecule has 17 heavy (non-hydrogen) atoms. The lowest BCUT2D eigenvalue weighted by molar-refractivity contribution is 0.171. The van der Waals surface area contributed by atoms with Crippen LogP contribution in [0.5, 0.6) is 11.5 Å². The van der Waals surface area contributed by atoms with Crippen molar-refractivity contribution in [3.63, 3.8) is 0 Å². The van der Waals surface area contributed by atoms with Crippen molar-refractivity contribution < 1.29 is 14.6 Å². The zero-order chi connectivity index (χ0) is 12.1. The Kier molecular flexibility index (Phi) is 4.53. The van der Waals surface area contributed by atoms with E-state index in [1.165, 1.54) is 0 Å². The number of nitrogens with two attached hydrogens (primary N) is 1. The van der Waals surface area contributed by atoms with Gasteiger partial charge >= 0.3 is 0 Å². The Labute approximate surface area is 105 Å². The maximum absolute atomic E-state index is 8.77. The molecular formula is C12H17NO3S. The second-order valence-electron chi connectivity index (χ2n) is 3.89. The SMILES string of the molecule is NC(CCO)CSc1ccc2c(c1)OCCO2. The summed E-state index contributed by atoms with van der Waals surface area (Å²) in [6.45, 7) is 1.36. The molecule has 3 N–H and O–H groups in total. The summed E-state index contributed by atoms with van der Waals surface area (Å²) in [6.07, 6.45) is 0.636. The van der Waals surface area contributed by atoms with Gasteiger partial charge in [-0.3, -0.25) is 0 Å². The normalized spacial score (nSPS) is 15.6. The van der Waals surface area contributed by atoms with Crippen LogP contribution in [0.1, 0.15) is 6.42 Å². The maximum Gasteiger partial charge on any atom is 0.162 e. The summed E-state index contributed by atoms with van der Waals surface area (Å²) in [7, 11) is 0.